The number of aliphatic hydroxyl groups excluding tert-OH is 1. The van der Waals surface area contributed by atoms with Crippen LogP contribution in [0.4, 0.5) is 0 Å². The molecule has 1 N–H and O–H groups in total. The number of aryl methyl sites for hydroxylation is 1. The van der Waals surface area contributed by atoms with Crippen molar-refractivity contribution in [2.24, 2.45) is 18.4 Å². The van der Waals surface area contributed by atoms with Gasteiger partial charge in [0.05, 0.1) is 13.3 Å². The first kappa shape index (κ1) is 14.4. The van der Waals surface area contributed by atoms with Crippen molar-refractivity contribution in [1.82, 2.24) is 9.78 Å². The van der Waals surface area contributed by atoms with Crippen LogP contribution < -0.4 is 4.74 Å². The molecule has 1 aromatic heterocycles. The van der Waals surface area contributed by atoms with Crippen molar-refractivity contribution in [1.29, 1.82) is 0 Å². The van der Waals surface area contributed by atoms with Crippen molar-refractivity contribution in [3.8, 4) is 5.75 Å². The molecule has 1 fully saturated rings. The molecule has 1 heterocycles. The van der Waals surface area contributed by atoms with Crippen LogP contribution >= 0.6 is 0 Å². The second-order valence-corrected chi connectivity index (χ2v) is 6.29. The maximum atomic E-state index is 11.0. The molecular formula is C15H26N2O2. The van der Waals surface area contributed by atoms with Crippen molar-refractivity contribution in [2.45, 2.75) is 52.1 Å². The second-order valence-electron chi connectivity index (χ2n) is 6.29. The number of aliphatic hydroxyl groups is 1. The Labute approximate surface area is 115 Å². The van der Waals surface area contributed by atoms with Crippen LogP contribution in [0, 0.1) is 11.3 Å². The molecule has 1 saturated carbocycles. The quantitative estimate of drug-likeness (QED) is 0.891. The predicted molar refractivity (Wildman–Crippen MR) is 75.1 cm³/mol. The third-order valence-corrected chi connectivity index (χ3v) is 4.42. The van der Waals surface area contributed by atoms with Crippen LogP contribution in [0.5, 0.6) is 5.75 Å². The lowest BCUT2D eigenvalue weighted by Gasteiger charge is -2.36. The summed E-state index contributed by atoms with van der Waals surface area (Å²) in [5.74, 6) is 1.29. The topological polar surface area (TPSA) is 47.3 Å². The molecule has 1 aromatic rings. The van der Waals surface area contributed by atoms with Crippen molar-refractivity contribution in [3.63, 3.8) is 0 Å². The SMILES string of the molecule is COc1cnn(C)c1C(O)C1(CC(C)C)CCCC1. The maximum Gasteiger partial charge on any atom is 0.162 e. The second kappa shape index (κ2) is 5.53. The van der Waals surface area contributed by atoms with Crippen LogP contribution in [0.15, 0.2) is 6.20 Å². The lowest BCUT2D eigenvalue weighted by molar-refractivity contribution is 0.00404. The summed E-state index contributed by atoms with van der Waals surface area (Å²) in [6.07, 6.45) is 6.88. The maximum absolute atomic E-state index is 11.0. The fraction of sp³-hybridized carbons (Fsp3) is 0.800. The van der Waals surface area contributed by atoms with Crippen LogP contribution in [0.3, 0.4) is 0 Å². The first-order valence-electron chi connectivity index (χ1n) is 7.24. The minimum Gasteiger partial charge on any atom is -0.493 e. The molecule has 0 aromatic carbocycles. The van der Waals surface area contributed by atoms with Gasteiger partial charge in [-0.15, -0.1) is 0 Å². The zero-order valence-electron chi connectivity index (χ0n) is 12.5. The van der Waals surface area contributed by atoms with Crippen molar-refractivity contribution in [2.75, 3.05) is 7.11 Å². The Kier molecular flexibility index (Phi) is 4.19. The smallest absolute Gasteiger partial charge is 0.162 e. The van der Waals surface area contributed by atoms with Gasteiger partial charge in [0.1, 0.15) is 11.8 Å². The first-order valence-corrected chi connectivity index (χ1v) is 7.24. The molecule has 0 spiro atoms. The van der Waals surface area contributed by atoms with Gasteiger partial charge in [-0.3, -0.25) is 4.68 Å². The van der Waals surface area contributed by atoms with Crippen molar-refractivity contribution in [3.05, 3.63) is 11.9 Å². The summed E-state index contributed by atoms with van der Waals surface area (Å²) >= 11 is 0. The minimum atomic E-state index is -0.486. The molecule has 0 bridgehead atoms. The van der Waals surface area contributed by atoms with Gasteiger partial charge in [0.15, 0.2) is 5.75 Å². The average Bonchev–Trinajstić information content (AvgIpc) is 2.95. The Hall–Kier alpha value is -1.03. The molecular weight excluding hydrogens is 240 g/mol. The first-order chi connectivity index (χ1) is 9.00. The summed E-state index contributed by atoms with van der Waals surface area (Å²) in [6.45, 7) is 4.46. The minimum absolute atomic E-state index is 0.00472. The molecule has 0 radical (unpaired) electrons. The van der Waals surface area contributed by atoms with Gasteiger partial charge < -0.3 is 9.84 Å². The van der Waals surface area contributed by atoms with Gasteiger partial charge in [0, 0.05) is 12.5 Å². The Morgan fingerprint density at radius 2 is 2.05 bits per heavy atom. The van der Waals surface area contributed by atoms with E-state index >= 15 is 0 Å². The predicted octanol–water partition coefficient (Wildman–Crippen LogP) is 3.07. The van der Waals surface area contributed by atoms with Crippen LogP contribution in [-0.4, -0.2) is 22.0 Å². The van der Waals surface area contributed by atoms with Gasteiger partial charge in [-0.1, -0.05) is 26.7 Å². The Balaban J connectivity index is 2.33. The molecule has 19 heavy (non-hydrogen) atoms. The molecule has 4 nitrogen and oxygen atoms in total. The normalized spacial score (nSPS) is 19.9. The highest BCUT2D eigenvalue weighted by Gasteiger charge is 2.43. The number of hydrogen-bond donors (Lipinski definition) is 1. The fourth-order valence-electron chi connectivity index (χ4n) is 3.67. The molecule has 1 aliphatic carbocycles. The molecule has 108 valence electrons. The summed E-state index contributed by atoms with van der Waals surface area (Å²) in [6, 6.07) is 0. The lowest BCUT2D eigenvalue weighted by Crippen LogP contribution is -2.29. The van der Waals surface area contributed by atoms with Crippen molar-refractivity contribution < 1.29 is 9.84 Å². The van der Waals surface area contributed by atoms with Crippen molar-refractivity contribution >= 4 is 0 Å². The zero-order chi connectivity index (χ0) is 14.0. The van der Waals surface area contributed by atoms with E-state index in [4.69, 9.17) is 4.74 Å². The Morgan fingerprint density at radius 1 is 1.42 bits per heavy atom. The molecule has 2 rings (SSSR count). The Morgan fingerprint density at radius 3 is 2.58 bits per heavy atom. The van der Waals surface area contributed by atoms with Crippen LogP contribution in [0.2, 0.25) is 0 Å². The highest BCUT2D eigenvalue weighted by atomic mass is 16.5. The van der Waals surface area contributed by atoms with Gasteiger partial charge in [-0.05, 0) is 25.2 Å². The van der Waals surface area contributed by atoms with E-state index in [1.165, 1.54) is 12.8 Å². The highest BCUT2D eigenvalue weighted by Crippen LogP contribution is 2.52. The monoisotopic (exact) mass is 266 g/mol. The summed E-state index contributed by atoms with van der Waals surface area (Å²) in [4.78, 5) is 0. The molecule has 0 saturated heterocycles. The Bertz CT molecular complexity index is 420. The molecule has 1 unspecified atom stereocenters. The van der Waals surface area contributed by atoms with E-state index in [0.29, 0.717) is 11.7 Å². The zero-order valence-corrected chi connectivity index (χ0v) is 12.5. The van der Waals surface area contributed by atoms with Gasteiger partial charge in [0.25, 0.3) is 0 Å². The number of nitrogens with zero attached hydrogens (tertiary/aromatic N) is 2. The number of hydrogen-bond acceptors (Lipinski definition) is 3. The standard InChI is InChI=1S/C15H26N2O2/c1-11(2)9-15(7-5-6-8-15)14(18)13-12(19-4)10-16-17(13)3/h10-11,14,18H,5-9H2,1-4H3. The van der Waals surface area contributed by atoms with Crippen LogP contribution in [-0.2, 0) is 7.05 Å². The highest BCUT2D eigenvalue weighted by molar-refractivity contribution is 5.29. The van der Waals surface area contributed by atoms with Crippen LogP contribution in [0.25, 0.3) is 0 Å². The van der Waals surface area contributed by atoms with E-state index in [2.05, 4.69) is 18.9 Å². The third-order valence-electron chi connectivity index (χ3n) is 4.42. The van der Waals surface area contributed by atoms with E-state index in [-0.39, 0.29) is 5.41 Å². The molecule has 1 atom stereocenters. The number of ether oxygens (including phenoxy) is 1. The molecule has 0 aliphatic heterocycles. The van der Waals surface area contributed by atoms with Gasteiger partial charge in [0.2, 0.25) is 0 Å². The van der Waals surface area contributed by atoms with E-state index in [1.807, 2.05) is 7.05 Å². The molecule has 0 amide bonds. The molecule has 4 heteroatoms. The van der Waals surface area contributed by atoms with E-state index < -0.39 is 6.10 Å². The summed E-state index contributed by atoms with van der Waals surface area (Å²) in [5.41, 5.74) is 0.819. The van der Waals surface area contributed by atoms with E-state index in [0.717, 1.165) is 25.0 Å². The largest absolute Gasteiger partial charge is 0.493 e. The number of methoxy groups -OCH3 is 1. The summed E-state index contributed by atoms with van der Waals surface area (Å²) in [5, 5.41) is 15.2. The summed E-state index contributed by atoms with van der Waals surface area (Å²) < 4.78 is 7.11. The third kappa shape index (κ3) is 2.64. The van der Waals surface area contributed by atoms with Gasteiger partial charge >= 0.3 is 0 Å². The fourth-order valence-corrected chi connectivity index (χ4v) is 3.67. The summed E-state index contributed by atoms with van der Waals surface area (Å²) in [7, 11) is 3.51. The number of aromatic nitrogens is 2. The van der Waals surface area contributed by atoms with Gasteiger partial charge in [-0.25, -0.2) is 0 Å². The lowest BCUT2D eigenvalue weighted by atomic mass is 9.73. The van der Waals surface area contributed by atoms with Crippen LogP contribution in [0.1, 0.15) is 57.7 Å². The molecule has 1 aliphatic rings. The van der Waals surface area contributed by atoms with E-state index in [1.54, 1.807) is 18.0 Å². The number of rotatable bonds is 5. The van der Waals surface area contributed by atoms with Gasteiger partial charge in [-0.2, -0.15) is 5.10 Å². The average molecular weight is 266 g/mol. The van der Waals surface area contributed by atoms with E-state index in [9.17, 15) is 5.11 Å².